The smallest absolute Gasteiger partial charge is 0.407 e. The minimum absolute atomic E-state index is 0.0872. The van der Waals surface area contributed by atoms with Crippen LogP contribution in [-0.2, 0) is 4.74 Å². The predicted molar refractivity (Wildman–Crippen MR) is 89.7 cm³/mol. The molecule has 5 heteroatoms. The van der Waals surface area contributed by atoms with Crippen molar-refractivity contribution < 1.29 is 14.3 Å². The fraction of sp³-hybridized carbons (Fsp3) is 0.588. The van der Waals surface area contributed by atoms with Crippen LogP contribution in [0.1, 0.15) is 40.2 Å². The van der Waals surface area contributed by atoms with Crippen LogP contribution >= 0.6 is 0 Å². The summed E-state index contributed by atoms with van der Waals surface area (Å²) in [4.78, 5) is 11.6. The number of rotatable bonds is 6. The largest absolute Gasteiger partial charge is 0.494 e. The van der Waals surface area contributed by atoms with E-state index in [1.165, 1.54) is 0 Å². The van der Waals surface area contributed by atoms with Crippen LogP contribution in [0, 0.1) is 6.92 Å². The second kappa shape index (κ2) is 7.92. The molecule has 1 atom stereocenters. The zero-order valence-electron chi connectivity index (χ0n) is 14.4. The Morgan fingerprint density at radius 3 is 2.55 bits per heavy atom. The molecule has 0 fully saturated rings. The highest BCUT2D eigenvalue weighted by Crippen LogP contribution is 2.21. The van der Waals surface area contributed by atoms with E-state index in [9.17, 15) is 4.79 Å². The van der Waals surface area contributed by atoms with E-state index in [1.807, 2.05) is 59.7 Å². The zero-order valence-corrected chi connectivity index (χ0v) is 14.4. The Balaban J connectivity index is 2.48. The minimum Gasteiger partial charge on any atom is -0.494 e. The van der Waals surface area contributed by atoms with Gasteiger partial charge >= 0.3 is 6.09 Å². The second-order valence-electron chi connectivity index (χ2n) is 6.34. The van der Waals surface area contributed by atoms with Crippen LogP contribution in [-0.4, -0.2) is 30.9 Å². The first kappa shape index (κ1) is 18.1. The van der Waals surface area contributed by atoms with Crippen molar-refractivity contribution in [2.24, 2.45) is 0 Å². The lowest BCUT2D eigenvalue weighted by atomic mass is 10.1. The maximum absolute atomic E-state index is 11.6. The number of benzene rings is 1. The van der Waals surface area contributed by atoms with Crippen molar-refractivity contribution in [1.29, 1.82) is 0 Å². The number of carbonyl (C=O) groups is 1. The maximum Gasteiger partial charge on any atom is 0.407 e. The summed E-state index contributed by atoms with van der Waals surface area (Å²) in [5.41, 5.74) is 1.66. The lowest BCUT2D eigenvalue weighted by molar-refractivity contribution is 0.0526. The molecule has 2 N–H and O–H groups in total. The third kappa shape index (κ3) is 6.70. The Bertz CT molecular complexity index is 495. The van der Waals surface area contributed by atoms with Crippen LogP contribution in [0.4, 0.5) is 10.5 Å². The Morgan fingerprint density at radius 2 is 2.00 bits per heavy atom. The van der Waals surface area contributed by atoms with Gasteiger partial charge in [-0.1, -0.05) is 0 Å². The first-order valence-corrected chi connectivity index (χ1v) is 7.68. The highest BCUT2D eigenvalue weighted by atomic mass is 16.6. The van der Waals surface area contributed by atoms with Gasteiger partial charge in [-0.05, 0) is 65.3 Å². The van der Waals surface area contributed by atoms with Crippen LogP contribution in [0.5, 0.6) is 5.75 Å². The third-order valence-electron chi connectivity index (χ3n) is 2.86. The average Bonchev–Trinajstić information content (AvgIpc) is 2.38. The molecule has 0 saturated heterocycles. The van der Waals surface area contributed by atoms with Crippen LogP contribution in [0.2, 0.25) is 0 Å². The number of hydrogen-bond acceptors (Lipinski definition) is 4. The Morgan fingerprint density at radius 1 is 1.32 bits per heavy atom. The molecule has 0 heterocycles. The molecule has 0 spiro atoms. The number of amides is 1. The number of aryl methyl sites for hydroxylation is 1. The summed E-state index contributed by atoms with van der Waals surface area (Å²) in [6, 6.07) is 6.01. The molecule has 1 rings (SSSR count). The minimum atomic E-state index is -0.480. The van der Waals surface area contributed by atoms with Gasteiger partial charge in [0, 0.05) is 18.3 Å². The zero-order chi connectivity index (χ0) is 16.8. The van der Waals surface area contributed by atoms with E-state index >= 15 is 0 Å². The Kier molecular flexibility index (Phi) is 6.53. The van der Waals surface area contributed by atoms with Crippen molar-refractivity contribution in [2.45, 2.75) is 53.2 Å². The van der Waals surface area contributed by atoms with Crippen molar-refractivity contribution in [3.05, 3.63) is 23.8 Å². The monoisotopic (exact) mass is 308 g/mol. The van der Waals surface area contributed by atoms with Crippen LogP contribution in [0.15, 0.2) is 18.2 Å². The molecule has 1 unspecified atom stereocenters. The quantitative estimate of drug-likeness (QED) is 0.841. The number of ether oxygens (including phenoxy) is 2. The van der Waals surface area contributed by atoms with Gasteiger partial charge in [-0.3, -0.25) is 0 Å². The fourth-order valence-corrected chi connectivity index (χ4v) is 1.92. The van der Waals surface area contributed by atoms with Crippen LogP contribution in [0.25, 0.3) is 0 Å². The lowest BCUT2D eigenvalue weighted by Gasteiger charge is -2.22. The first-order valence-electron chi connectivity index (χ1n) is 7.68. The van der Waals surface area contributed by atoms with Crippen LogP contribution in [0.3, 0.4) is 0 Å². The van der Waals surface area contributed by atoms with Gasteiger partial charge in [-0.25, -0.2) is 4.79 Å². The van der Waals surface area contributed by atoms with E-state index < -0.39 is 11.7 Å². The molecule has 0 saturated carbocycles. The van der Waals surface area contributed by atoms with E-state index in [0.29, 0.717) is 13.2 Å². The third-order valence-corrected chi connectivity index (χ3v) is 2.86. The molecule has 1 amide bonds. The molecule has 0 aliphatic carbocycles. The van der Waals surface area contributed by atoms with Crippen molar-refractivity contribution in [1.82, 2.24) is 5.32 Å². The van der Waals surface area contributed by atoms with E-state index in [1.54, 1.807) is 0 Å². The van der Waals surface area contributed by atoms with Gasteiger partial charge in [0.15, 0.2) is 0 Å². The molecule has 1 aromatic rings. The summed E-state index contributed by atoms with van der Waals surface area (Å²) in [7, 11) is 0. The second-order valence-corrected chi connectivity index (χ2v) is 6.34. The van der Waals surface area contributed by atoms with Gasteiger partial charge < -0.3 is 20.1 Å². The van der Waals surface area contributed by atoms with Gasteiger partial charge in [0.1, 0.15) is 11.4 Å². The first-order chi connectivity index (χ1) is 10.2. The molecular formula is C17H28N2O3. The van der Waals surface area contributed by atoms with Crippen molar-refractivity contribution >= 4 is 11.8 Å². The number of anilines is 1. The summed E-state index contributed by atoms with van der Waals surface area (Å²) < 4.78 is 10.7. The van der Waals surface area contributed by atoms with E-state index in [2.05, 4.69) is 10.6 Å². The van der Waals surface area contributed by atoms with Crippen LogP contribution < -0.4 is 15.4 Å². The summed E-state index contributed by atoms with van der Waals surface area (Å²) in [5.74, 6) is 0.866. The Hall–Kier alpha value is -1.91. The van der Waals surface area contributed by atoms with E-state index in [4.69, 9.17) is 9.47 Å². The Labute approximate surface area is 133 Å². The number of hydrogen-bond donors (Lipinski definition) is 2. The maximum atomic E-state index is 11.6. The van der Waals surface area contributed by atoms with Gasteiger partial charge in [0.05, 0.1) is 6.61 Å². The van der Waals surface area contributed by atoms with Gasteiger partial charge in [0.25, 0.3) is 0 Å². The van der Waals surface area contributed by atoms with Gasteiger partial charge in [-0.2, -0.15) is 0 Å². The van der Waals surface area contributed by atoms with E-state index in [-0.39, 0.29) is 6.04 Å². The molecule has 22 heavy (non-hydrogen) atoms. The summed E-state index contributed by atoms with van der Waals surface area (Å²) in [6.07, 6.45) is -0.399. The van der Waals surface area contributed by atoms with Crippen molar-refractivity contribution in [3.8, 4) is 5.75 Å². The van der Waals surface area contributed by atoms with Crippen molar-refractivity contribution in [3.63, 3.8) is 0 Å². The number of alkyl carbamates (subject to hydrolysis) is 1. The van der Waals surface area contributed by atoms with Gasteiger partial charge in [-0.15, -0.1) is 0 Å². The topological polar surface area (TPSA) is 59.6 Å². The lowest BCUT2D eigenvalue weighted by Crippen LogP contribution is -2.38. The SMILES string of the molecule is CCOc1ccc(NC(C)CNC(=O)OC(C)(C)C)c(C)c1. The molecular weight excluding hydrogens is 280 g/mol. The molecule has 5 nitrogen and oxygen atoms in total. The molecule has 0 aromatic heterocycles. The fourth-order valence-electron chi connectivity index (χ4n) is 1.92. The van der Waals surface area contributed by atoms with Crippen molar-refractivity contribution in [2.75, 3.05) is 18.5 Å². The molecule has 1 aromatic carbocycles. The highest BCUT2D eigenvalue weighted by molar-refractivity contribution is 5.67. The molecule has 0 aliphatic heterocycles. The number of nitrogens with one attached hydrogen (secondary N) is 2. The standard InChI is InChI=1S/C17H28N2O3/c1-7-21-14-8-9-15(12(2)10-14)19-13(3)11-18-16(20)22-17(4,5)6/h8-10,13,19H,7,11H2,1-6H3,(H,18,20). The molecule has 0 aliphatic rings. The summed E-state index contributed by atoms with van der Waals surface area (Å²) >= 11 is 0. The normalized spacial score (nSPS) is 12.5. The molecule has 0 radical (unpaired) electrons. The summed E-state index contributed by atoms with van der Waals surface area (Å²) in [6.45, 7) is 12.7. The van der Waals surface area contributed by atoms with E-state index in [0.717, 1.165) is 17.0 Å². The molecule has 124 valence electrons. The highest BCUT2D eigenvalue weighted by Gasteiger charge is 2.16. The number of carbonyl (C=O) groups excluding carboxylic acids is 1. The average molecular weight is 308 g/mol. The molecule has 0 bridgehead atoms. The van der Waals surface area contributed by atoms with Gasteiger partial charge in [0.2, 0.25) is 0 Å². The summed E-state index contributed by atoms with van der Waals surface area (Å²) in [5, 5.41) is 6.13. The predicted octanol–water partition coefficient (Wildman–Crippen LogP) is 3.72.